The van der Waals surface area contributed by atoms with Gasteiger partial charge in [0.15, 0.2) is 0 Å². The Kier molecular flexibility index (Phi) is 4.48. The van der Waals surface area contributed by atoms with Crippen LogP contribution >= 0.6 is 0 Å². The Morgan fingerprint density at radius 2 is 2.25 bits per heavy atom. The fourth-order valence-electron chi connectivity index (χ4n) is 2.25. The van der Waals surface area contributed by atoms with Crippen molar-refractivity contribution in [3.63, 3.8) is 0 Å². The van der Waals surface area contributed by atoms with Crippen LogP contribution in [-0.4, -0.2) is 67.8 Å². The first kappa shape index (κ1) is 15.0. The molecule has 2 unspecified atom stereocenters. The second-order valence-corrected chi connectivity index (χ2v) is 4.81. The summed E-state index contributed by atoms with van der Waals surface area (Å²) in [5, 5.41) is 5.39. The highest BCUT2D eigenvalue weighted by Gasteiger charge is 2.40. The smallest absolute Gasteiger partial charge is 0.378 e. The van der Waals surface area contributed by atoms with E-state index in [1.165, 1.54) is 0 Å². The largest absolute Gasteiger partial charge is 0.406 e. The van der Waals surface area contributed by atoms with Crippen LogP contribution in [0.1, 0.15) is 6.42 Å². The lowest BCUT2D eigenvalue weighted by atomic mass is 10.2. The molecular weight excluding hydrogens is 279 g/mol. The van der Waals surface area contributed by atoms with Crippen molar-refractivity contribution in [2.75, 3.05) is 32.8 Å². The number of likely N-dealkylation sites (tertiary alicyclic amines) is 1. The minimum absolute atomic E-state index is 0.00210. The third-order valence-electron chi connectivity index (χ3n) is 3.22. The molecule has 0 aromatic rings. The molecule has 2 aliphatic rings. The Bertz CT molecular complexity index is 383. The number of nitrogens with one attached hydrogen (secondary N) is 2. The zero-order chi connectivity index (χ0) is 14.8. The Labute approximate surface area is 113 Å². The van der Waals surface area contributed by atoms with Gasteiger partial charge in [-0.05, 0) is 6.42 Å². The van der Waals surface area contributed by atoms with E-state index in [4.69, 9.17) is 4.74 Å². The van der Waals surface area contributed by atoms with Crippen LogP contribution in [0, 0.1) is 0 Å². The summed E-state index contributed by atoms with van der Waals surface area (Å²) in [5.74, 6) is -1.11. The molecule has 0 spiro atoms. The number of hydrogen-bond acceptors (Lipinski definition) is 4. The molecule has 2 fully saturated rings. The highest BCUT2D eigenvalue weighted by molar-refractivity contribution is 5.91. The molecule has 6 nitrogen and oxygen atoms in total. The van der Waals surface area contributed by atoms with E-state index in [1.807, 2.05) is 0 Å². The molecule has 0 aliphatic carbocycles. The minimum atomic E-state index is -4.42. The predicted molar refractivity (Wildman–Crippen MR) is 61.8 cm³/mol. The van der Waals surface area contributed by atoms with Gasteiger partial charge in [0.2, 0.25) is 11.8 Å². The van der Waals surface area contributed by atoms with Crippen molar-refractivity contribution in [2.45, 2.75) is 24.7 Å². The zero-order valence-corrected chi connectivity index (χ0v) is 10.7. The number of rotatable bonds is 3. The van der Waals surface area contributed by atoms with Gasteiger partial charge in [-0.3, -0.25) is 9.59 Å². The summed E-state index contributed by atoms with van der Waals surface area (Å²) in [6.07, 6.45) is -4.23. The van der Waals surface area contributed by atoms with Crippen LogP contribution in [0.25, 0.3) is 0 Å². The van der Waals surface area contributed by atoms with Crippen LogP contribution < -0.4 is 10.6 Å². The average molecular weight is 295 g/mol. The van der Waals surface area contributed by atoms with E-state index in [1.54, 1.807) is 0 Å². The molecule has 2 rings (SSSR count). The first-order valence-corrected chi connectivity index (χ1v) is 6.34. The number of amides is 2. The van der Waals surface area contributed by atoms with Crippen LogP contribution in [0.5, 0.6) is 0 Å². The summed E-state index contributed by atoms with van der Waals surface area (Å²) in [5.41, 5.74) is 0. The third kappa shape index (κ3) is 3.83. The molecule has 2 heterocycles. The topological polar surface area (TPSA) is 70.7 Å². The van der Waals surface area contributed by atoms with Crippen molar-refractivity contribution < 1.29 is 27.5 Å². The number of nitrogens with zero attached hydrogens (tertiary/aromatic N) is 1. The van der Waals surface area contributed by atoms with Crippen molar-refractivity contribution in [1.82, 2.24) is 15.5 Å². The first-order valence-electron chi connectivity index (χ1n) is 6.34. The van der Waals surface area contributed by atoms with Crippen molar-refractivity contribution in [1.29, 1.82) is 0 Å². The Balaban J connectivity index is 1.85. The molecule has 2 amide bonds. The monoisotopic (exact) mass is 295 g/mol. The number of carbonyl (C=O) groups excluding carboxylic acids is 2. The zero-order valence-electron chi connectivity index (χ0n) is 10.7. The predicted octanol–water partition coefficient (Wildman–Crippen LogP) is -0.746. The first-order chi connectivity index (χ1) is 9.37. The molecule has 2 saturated heterocycles. The number of alkyl halides is 3. The van der Waals surface area contributed by atoms with Gasteiger partial charge in [0, 0.05) is 13.1 Å². The fraction of sp³-hybridized carbons (Fsp3) is 0.818. The van der Waals surface area contributed by atoms with Gasteiger partial charge in [0.25, 0.3) is 0 Å². The van der Waals surface area contributed by atoms with E-state index < -0.39 is 36.6 Å². The SMILES string of the molecule is O=C(NC1CCN(CC(F)(F)F)C1=O)C1COCCN1. The summed E-state index contributed by atoms with van der Waals surface area (Å²) in [6.45, 7) is -0.0533. The van der Waals surface area contributed by atoms with E-state index in [9.17, 15) is 22.8 Å². The Hall–Kier alpha value is -1.35. The number of halogens is 3. The summed E-state index contributed by atoms with van der Waals surface area (Å²) in [4.78, 5) is 24.3. The molecule has 20 heavy (non-hydrogen) atoms. The van der Waals surface area contributed by atoms with E-state index in [-0.39, 0.29) is 19.6 Å². The van der Waals surface area contributed by atoms with Gasteiger partial charge in [0.1, 0.15) is 18.6 Å². The van der Waals surface area contributed by atoms with Gasteiger partial charge in [-0.2, -0.15) is 13.2 Å². The van der Waals surface area contributed by atoms with Gasteiger partial charge < -0.3 is 20.3 Å². The second kappa shape index (κ2) is 5.96. The number of morpholine rings is 1. The van der Waals surface area contributed by atoms with Crippen LogP contribution in [0.3, 0.4) is 0 Å². The Morgan fingerprint density at radius 3 is 2.85 bits per heavy atom. The molecule has 0 aromatic heterocycles. The normalized spacial score (nSPS) is 27.8. The van der Waals surface area contributed by atoms with Gasteiger partial charge in [0.05, 0.1) is 13.2 Å². The molecule has 114 valence electrons. The van der Waals surface area contributed by atoms with E-state index in [0.717, 1.165) is 4.90 Å². The maximum Gasteiger partial charge on any atom is 0.406 e. The molecule has 0 saturated carbocycles. The van der Waals surface area contributed by atoms with E-state index in [0.29, 0.717) is 13.2 Å². The standard InChI is InChI=1S/C11H16F3N3O3/c12-11(13,14)6-17-3-1-7(10(17)19)16-9(18)8-5-20-4-2-15-8/h7-8,15H,1-6H2,(H,16,18). The summed E-state index contributed by atoms with van der Waals surface area (Å²) in [6, 6.07) is -1.44. The molecule has 2 atom stereocenters. The van der Waals surface area contributed by atoms with Gasteiger partial charge in [-0.25, -0.2) is 0 Å². The third-order valence-corrected chi connectivity index (χ3v) is 3.22. The van der Waals surface area contributed by atoms with Gasteiger partial charge in [-0.15, -0.1) is 0 Å². The van der Waals surface area contributed by atoms with E-state index in [2.05, 4.69) is 10.6 Å². The molecular formula is C11H16F3N3O3. The van der Waals surface area contributed by atoms with Crippen molar-refractivity contribution in [2.24, 2.45) is 0 Å². The van der Waals surface area contributed by atoms with Crippen molar-refractivity contribution in [3.05, 3.63) is 0 Å². The minimum Gasteiger partial charge on any atom is -0.378 e. The number of hydrogen-bond donors (Lipinski definition) is 2. The van der Waals surface area contributed by atoms with Gasteiger partial charge in [-0.1, -0.05) is 0 Å². The maximum absolute atomic E-state index is 12.3. The lowest BCUT2D eigenvalue weighted by molar-refractivity contribution is -0.158. The van der Waals surface area contributed by atoms with Crippen LogP contribution in [0.2, 0.25) is 0 Å². The average Bonchev–Trinajstić information content (AvgIpc) is 2.71. The highest BCUT2D eigenvalue weighted by atomic mass is 19.4. The van der Waals surface area contributed by atoms with Crippen LogP contribution in [0.4, 0.5) is 13.2 Å². The quantitative estimate of drug-likeness (QED) is 0.719. The lowest BCUT2D eigenvalue weighted by Gasteiger charge is -2.24. The van der Waals surface area contributed by atoms with Crippen molar-refractivity contribution in [3.8, 4) is 0 Å². The number of ether oxygens (including phenoxy) is 1. The fourth-order valence-corrected chi connectivity index (χ4v) is 2.25. The summed E-state index contributed by atoms with van der Waals surface area (Å²) < 4.78 is 41.9. The van der Waals surface area contributed by atoms with Crippen LogP contribution in [0.15, 0.2) is 0 Å². The lowest BCUT2D eigenvalue weighted by Crippen LogP contribution is -2.54. The molecule has 2 aliphatic heterocycles. The van der Waals surface area contributed by atoms with Gasteiger partial charge >= 0.3 is 6.18 Å². The second-order valence-electron chi connectivity index (χ2n) is 4.81. The maximum atomic E-state index is 12.3. The Morgan fingerprint density at radius 1 is 1.50 bits per heavy atom. The molecule has 2 N–H and O–H groups in total. The highest BCUT2D eigenvalue weighted by Crippen LogP contribution is 2.20. The number of carbonyl (C=O) groups is 2. The van der Waals surface area contributed by atoms with Crippen molar-refractivity contribution >= 4 is 11.8 Å². The van der Waals surface area contributed by atoms with E-state index >= 15 is 0 Å². The molecule has 0 radical (unpaired) electrons. The molecule has 0 bridgehead atoms. The summed E-state index contributed by atoms with van der Waals surface area (Å²) in [7, 11) is 0. The molecule has 9 heteroatoms. The molecule has 0 aromatic carbocycles. The van der Waals surface area contributed by atoms with Crippen LogP contribution in [-0.2, 0) is 14.3 Å². The summed E-state index contributed by atoms with van der Waals surface area (Å²) >= 11 is 0.